The third-order valence-corrected chi connectivity index (χ3v) is 4.44. The van der Waals surface area contributed by atoms with Crippen LogP contribution in [0.1, 0.15) is 16.7 Å². The molecule has 0 bridgehead atoms. The normalized spacial score (nSPS) is 11.6. The Morgan fingerprint density at radius 1 is 0.786 bits per heavy atom. The first-order valence-corrected chi connectivity index (χ1v) is 9.32. The molecule has 0 aromatic heterocycles. The molecule has 0 aliphatic carbocycles. The highest BCUT2D eigenvalue weighted by Gasteiger charge is 2.14. The van der Waals surface area contributed by atoms with Crippen LogP contribution < -0.4 is 4.74 Å². The minimum absolute atomic E-state index is 0.640. The topological polar surface area (TPSA) is 36.3 Å². The van der Waals surface area contributed by atoms with E-state index in [-0.39, 0.29) is 0 Å². The van der Waals surface area contributed by atoms with Crippen LogP contribution in [0.25, 0.3) is 11.1 Å². The maximum atomic E-state index is 9.96. The zero-order chi connectivity index (χ0) is 19.8. The highest BCUT2D eigenvalue weighted by Crippen LogP contribution is 2.32. The van der Waals surface area contributed by atoms with E-state index in [4.69, 9.17) is 4.74 Å². The van der Waals surface area contributed by atoms with E-state index in [0.717, 1.165) is 34.6 Å². The lowest BCUT2D eigenvalue weighted by Gasteiger charge is -2.14. The highest BCUT2D eigenvalue weighted by molar-refractivity contribution is 6.03. The zero-order valence-corrected chi connectivity index (χ0v) is 16.3. The average Bonchev–Trinajstić information content (AvgIpc) is 2.73. The summed E-state index contributed by atoms with van der Waals surface area (Å²) in [6.45, 7) is 1.50. The summed E-state index contributed by atoms with van der Waals surface area (Å²) >= 11 is 0. The predicted octanol–water partition coefficient (Wildman–Crippen LogP) is 5.11. The van der Waals surface area contributed by atoms with Gasteiger partial charge in [-0.15, -0.1) is 0 Å². The molecule has 140 valence electrons. The Morgan fingerprint density at radius 3 is 1.86 bits per heavy atom. The average molecular weight is 368 g/mol. The molecular formula is C25H24N2O. The van der Waals surface area contributed by atoms with Crippen molar-refractivity contribution in [2.45, 2.75) is 0 Å². The van der Waals surface area contributed by atoms with E-state index in [1.807, 2.05) is 99.0 Å². The van der Waals surface area contributed by atoms with Gasteiger partial charge in [-0.1, -0.05) is 72.8 Å². The third-order valence-electron chi connectivity index (χ3n) is 4.44. The fourth-order valence-corrected chi connectivity index (χ4v) is 2.99. The molecule has 0 N–H and O–H groups in total. The van der Waals surface area contributed by atoms with E-state index in [1.54, 1.807) is 0 Å². The zero-order valence-electron chi connectivity index (χ0n) is 16.3. The second-order valence-electron chi connectivity index (χ2n) is 6.77. The number of nitriles is 1. The first-order chi connectivity index (χ1) is 13.7. The van der Waals surface area contributed by atoms with Crippen molar-refractivity contribution in [1.29, 1.82) is 5.26 Å². The summed E-state index contributed by atoms with van der Waals surface area (Å²) in [5.41, 5.74) is 4.51. The van der Waals surface area contributed by atoms with Crippen molar-refractivity contribution in [3.05, 3.63) is 102 Å². The van der Waals surface area contributed by atoms with Crippen molar-refractivity contribution in [1.82, 2.24) is 4.90 Å². The number of allylic oxidation sites excluding steroid dienone is 1. The Kier molecular flexibility index (Phi) is 6.62. The molecule has 0 aliphatic rings. The Balaban J connectivity index is 2.01. The number of rotatable bonds is 7. The molecule has 0 heterocycles. The fraction of sp³-hybridized carbons (Fsp3) is 0.160. The third kappa shape index (κ3) is 4.88. The summed E-state index contributed by atoms with van der Waals surface area (Å²) in [5, 5.41) is 9.96. The quantitative estimate of drug-likeness (QED) is 0.429. The van der Waals surface area contributed by atoms with Crippen molar-refractivity contribution in [3.8, 4) is 11.8 Å². The smallest absolute Gasteiger partial charge is 0.119 e. The summed E-state index contributed by atoms with van der Waals surface area (Å²) in [7, 11) is 4.05. The molecule has 0 atom stereocenters. The second-order valence-corrected chi connectivity index (χ2v) is 6.77. The minimum atomic E-state index is 0.640. The first-order valence-electron chi connectivity index (χ1n) is 9.32. The van der Waals surface area contributed by atoms with Crippen molar-refractivity contribution < 1.29 is 4.74 Å². The number of hydrogen-bond acceptors (Lipinski definition) is 3. The van der Waals surface area contributed by atoms with Gasteiger partial charge in [0.2, 0.25) is 0 Å². The van der Waals surface area contributed by atoms with Gasteiger partial charge in [0, 0.05) is 12.1 Å². The van der Waals surface area contributed by atoms with Crippen LogP contribution in [0.15, 0.2) is 84.9 Å². The molecule has 3 aromatic rings. The van der Waals surface area contributed by atoms with Crippen molar-refractivity contribution in [2.24, 2.45) is 0 Å². The molecule has 0 unspecified atom stereocenters. The van der Waals surface area contributed by atoms with Gasteiger partial charge >= 0.3 is 0 Å². The van der Waals surface area contributed by atoms with E-state index < -0.39 is 0 Å². The SMILES string of the molecule is CN(C)CCOc1ccc(C(=C(C#N)c2ccccc2)c2ccccc2)cc1. The Bertz CT molecular complexity index is 953. The van der Waals surface area contributed by atoms with Crippen LogP contribution in [0.4, 0.5) is 0 Å². The molecule has 0 saturated heterocycles. The molecule has 3 aromatic carbocycles. The largest absolute Gasteiger partial charge is 0.492 e. The number of nitrogens with zero attached hydrogens (tertiary/aromatic N) is 2. The van der Waals surface area contributed by atoms with E-state index in [2.05, 4.69) is 11.0 Å². The van der Waals surface area contributed by atoms with Crippen LogP contribution in [0, 0.1) is 11.3 Å². The number of likely N-dealkylation sites (N-methyl/N-ethyl adjacent to an activating group) is 1. The lowest BCUT2D eigenvalue weighted by molar-refractivity contribution is 0.261. The number of hydrogen-bond donors (Lipinski definition) is 0. The minimum Gasteiger partial charge on any atom is -0.492 e. The van der Waals surface area contributed by atoms with Gasteiger partial charge in [0.1, 0.15) is 18.4 Å². The summed E-state index contributed by atoms with van der Waals surface area (Å²) in [6, 6.07) is 30.3. The summed E-state index contributed by atoms with van der Waals surface area (Å²) < 4.78 is 5.81. The lowest BCUT2D eigenvalue weighted by Crippen LogP contribution is -2.19. The summed E-state index contributed by atoms with van der Waals surface area (Å²) in [5.74, 6) is 0.830. The van der Waals surface area contributed by atoms with Gasteiger partial charge in [-0.25, -0.2) is 0 Å². The molecule has 3 heteroatoms. The molecule has 0 radical (unpaired) electrons. The van der Waals surface area contributed by atoms with Gasteiger partial charge in [-0.05, 0) is 42.9 Å². The molecule has 0 aliphatic heterocycles. The van der Waals surface area contributed by atoms with E-state index >= 15 is 0 Å². The molecule has 3 rings (SSSR count). The van der Waals surface area contributed by atoms with E-state index in [1.165, 1.54) is 0 Å². The van der Waals surface area contributed by atoms with Gasteiger partial charge in [-0.3, -0.25) is 0 Å². The van der Waals surface area contributed by atoms with Crippen molar-refractivity contribution >= 4 is 11.1 Å². The molecule has 28 heavy (non-hydrogen) atoms. The Hall–Kier alpha value is -3.35. The molecule has 0 spiro atoms. The van der Waals surface area contributed by atoms with Crippen LogP contribution >= 0.6 is 0 Å². The van der Waals surface area contributed by atoms with Crippen molar-refractivity contribution in [2.75, 3.05) is 27.2 Å². The van der Waals surface area contributed by atoms with E-state index in [0.29, 0.717) is 12.2 Å². The van der Waals surface area contributed by atoms with Gasteiger partial charge in [0.05, 0.1) is 5.57 Å². The number of benzene rings is 3. The summed E-state index contributed by atoms with van der Waals surface area (Å²) in [4.78, 5) is 2.09. The fourth-order valence-electron chi connectivity index (χ4n) is 2.99. The number of ether oxygens (including phenoxy) is 1. The van der Waals surface area contributed by atoms with Gasteiger partial charge in [0.15, 0.2) is 0 Å². The molecule has 3 nitrogen and oxygen atoms in total. The van der Waals surface area contributed by atoms with Crippen LogP contribution in [0.3, 0.4) is 0 Å². The van der Waals surface area contributed by atoms with Crippen LogP contribution in [-0.4, -0.2) is 32.1 Å². The Morgan fingerprint density at radius 2 is 1.32 bits per heavy atom. The Labute approximate surface area is 167 Å². The van der Waals surface area contributed by atoms with Gasteiger partial charge in [0.25, 0.3) is 0 Å². The van der Waals surface area contributed by atoms with Crippen LogP contribution in [0.2, 0.25) is 0 Å². The lowest BCUT2D eigenvalue weighted by atomic mass is 9.90. The molecular weight excluding hydrogens is 344 g/mol. The van der Waals surface area contributed by atoms with Crippen LogP contribution in [0.5, 0.6) is 5.75 Å². The highest BCUT2D eigenvalue weighted by atomic mass is 16.5. The maximum absolute atomic E-state index is 9.96. The summed E-state index contributed by atoms with van der Waals surface area (Å²) in [6.07, 6.45) is 0. The van der Waals surface area contributed by atoms with Crippen molar-refractivity contribution in [3.63, 3.8) is 0 Å². The van der Waals surface area contributed by atoms with Gasteiger partial charge < -0.3 is 9.64 Å². The molecule has 0 amide bonds. The molecule has 0 saturated carbocycles. The monoisotopic (exact) mass is 368 g/mol. The van der Waals surface area contributed by atoms with Crippen LogP contribution in [-0.2, 0) is 0 Å². The van der Waals surface area contributed by atoms with E-state index in [9.17, 15) is 5.26 Å². The predicted molar refractivity (Wildman–Crippen MR) is 115 cm³/mol. The maximum Gasteiger partial charge on any atom is 0.119 e. The standard InChI is InChI=1S/C25H24N2O/c1-27(2)17-18-28-23-15-13-22(14-16-23)25(21-11-7-4-8-12-21)24(19-26)20-9-5-3-6-10-20/h3-16H,17-18H2,1-2H3. The second kappa shape index (κ2) is 9.55. The molecule has 0 fully saturated rings. The first kappa shape index (κ1) is 19.4. The van der Waals surface area contributed by atoms with Gasteiger partial charge in [-0.2, -0.15) is 5.26 Å².